The minimum absolute atomic E-state index is 0.150. The molecule has 5 nitrogen and oxygen atoms in total. The van der Waals surface area contributed by atoms with Gasteiger partial charge in [0.25, 0.3) is 0 Å². The van der Waals surface area contributed by atoms with Crippen LogP contribution in [0.2, 0.25) is 0 Å². The van der Waals surface area contributed by atoms with Crippen LogP contribution in [0, 0.1) is 25.0 Å². The fraction of sp³-hybridized carbons (Fsp3) is 0.633. The highest BCUT2D eigenvalue weighted by molar-refractivity contribution is 5.84. The van der Waals surface area contributed by atoms with Crippen LogP contribution in [-0.4, -0.2) is 60.1 Å². The molecule has 1 aromatic rings. The van der Waals surface area contributed by atoms with Gasteiger partial charge in [0.15, 0.2) is 5.75 Å². The highest BCUT2D eigenvalue weighted by Gasteiger charge is 2.35. The summed E-state index contributed by atoms with van der Waals surface area (Å²) in [7, 11) is 0. The summed E-state index contributed by atoms with van der Waals surface area (Å²) >= 11 is 0. The number of likely N-dealkylation sites (tertiary alicyclic amines) is 1. The lowest BCUT2D eigenvalue weighted by molar-refractivity contribution is -0.0955. The first-order valence-corrected chi connectivity index (χ1v) is 13.6. The Balaban J connectivity index is 1.39. The van der Waals surface area contributed by atoms with E-state index < -0.39 is 0 Å². The zero-order valence-corrected chi connectivity index (χ0v) is 22.3. The number of ether oxygens (including phenoxy) is 2. The van der Waals surface area contributed by atoms with E-state index in [4.69, 9.17) is 14.5 Å². The van der Waals surface area contributed by atoms with Crippen LogP contribution in [0.15, 0.2) is 35.5 Å². The molecule has 1 aromatic carbocycles. The third-order valence-electron chi connectivity index (χ3n) is 7.60. The number of nitrogens with zero attached hydrogens (tertiary/aromatic N) is 3. The summed E-state index contributed by atoms with van der Waals surface area (Å²) in [4.78, 5) is 9.84. The van der Waals surface area contributed by atoms with Crippen molar-refractivity contribution in [2.75, 3.05) is 26.2 Å². The van der Waals surface area contributed by atoms with E-state index in [9.17, 15) is 0 Å². The van der Waals surface area contributed by atoms with Gasteiger partial charge in [-0.25, -0.2) is 4.99 Å². The molecule has 0 aliphatic carbocycles. The molecule has 35 heavy (non-hydrogen) atoms. The van der Waals surface area contributed by atoms with Crippen molar-refractivity contribution in [3.63, 3.8) is 0 Å². The summed E-state index contributed by atoms with van der Waals surface area (Å²) in [6.07, 6.45) is 14.5. The third kappa shape index (κ3) is 6.68. The van der Waals surface area contributed by atoms with Crippen LogP contribution in [-0.2, 0) is 4.74 Å². The molecule has 2 fully saturated rings. The summed E-state index contributed by atoms with van der Waals surface area (Å²) in [6, 6.07) is 9.20. The molecule has 4 rings (SSSR count). The van der Waals surface area contributed by atoms with Crippen LogP contribution in [0.5, 0.6) is 5.75 Å². The fourth-order valence-corrected chi connectivity index (χ4v) is 5.51. The SMILES string of the molecule is CCC1CN(C2=NC=CC=CC2)CC(C2CCCN(C(C)c3c#cc(OC(C)C)c(C)c3)CC2)O1. The van der Waals surface area contributed by atoms with Crippen molar-refractivity contribution >= 4 is 5.84 Å². The highest BCUT2D eigenvalue weighted by atomic mass is 16.5. The number of rotatable bonds is 6. The Labute approximate surface area is 212 Å². The number of amidine groups is 1. The number of aliphatic imine (C=N–C) groups is 1. The smallest absolute Gasteiger partial charge is 0.173 e. The van der Waals surface area contributed by atoms with Crippen molar-refractivity contribution in [1.29, 1.82) is 0 Å². The van der Waals surface area contributed by atoms with Gasteiger partial charge >= 0.3 is 0 Å². The Hall–Kier alpha value is -2.29. The molecule has 3 aliphatic rings. The van der Waals surface area contributed by atoms with E-state index in [1.807, 2.05) is 26.1 Å². The van der Waals surface area contributed by atoms with Crippen LogP contribution >= 0.6 is 0 Å². The molecule has 3 heterocycles. The maximum absolute atomic E-state index is 6.65. The van der Waals surface area contributed by atoms with Gasteiger partial charge in [0, 0.05) is 42.9 Å². The van der Waals surface area contributed by atoms with Crippen LogP contribution in [0.4, 0.5) is 0 Å². The second-order valence-electron chi connectivity index (χ2n) is 10.6. The first kappa shape index (κ1) is 25.8. The number of hydrogen-bond donors (Lipinski definition) is 0. The third-order valence-corrected chi connectivity index (χ3v) is 7.60. The van der Waals surface area contributed by atoms with Crippen molar-refractivity contribution < 1.29 is 9.47 Å². The molecule has 0 saturated carbocycles. The van der Waals surface area contributed by atoms with Crippen molar-refractivity contribution in [2.45, 2.75) is 91.1 Å². The van der Waals surface area contributed by atoms with Crippen molar-refractivity contribution in [3.8, 4) is 5.75 Å². The van der Waals surface area contributed by atoms with Gasteiger partial charge in [0.05, 0.1) is 18.3 Å². The van der Waals surface area contributed by atoms with Gasteiger partial charge in [-0.15, -0.1) is 0 Å². The molecule has 3 aliphatic heterocycles. The van der Waals surface area contributed by atoms with Crippen molar-refractivity contribution in [1.82, 2.24) is 9.80 Å². The Morgan fingerprint density at radius 1 is 1.14 bits per heavy atom. The summed E-state index contributed by atoms with van der Waals surface area (Å²) in [6.45, 7) is 14.9. The van der Waals surface area contributed by atoms with Gasteiger partial charge in [-0.1, -0.05) is 25.1 Å². The Morgan fingerprint density at radius 2 is 2.00 bits per heavy atom. The van der Waals surface area contributed by atoms with Crippen LogP contribution in [0.1, 0.15) is 77.0 Å². The average Bonchev–Trinajstić information content (AvgIpc) is 3.28. The summed E-state index contributed by atoms with van der Waals surface area (Å²) in [5.74, 6) is 2.58. The lowest BCUT2D eigenvalue weighted by Gasteiger charge is -2.42. The van der Waals surface area contributed by atoms with Crippen LogP contribution in [0.3, 0.4) is 0 Å². The molecule has 4 atom stereocenters. The molecule has 190 valence electrons. The minimum Gasteiger partial charge on any atom is -0.483 e. The molecular weight excluding hydrogens is 434 g/mol. The fourth-order valence-electron chi connectivity index (χ4n) is 5.51. The maximum atomic E-state index is 6.65. The molecule has 0 aromatic heterocycles. The van der Waals surface area contributed by atoms with Crippen LogP contribution in [0.25, 0.3) is 0 Å². The molecule has 4 unspecified atom stereocenters. The zero-order valence-electron chi connectivity index (χ0n) is 22.3. The zero-order chi connectivity index (χ0) is 24.8. The van der Waals surface area contributed by atoms with Gasteiger partial charge in [-0.3, -0.25) is 4.90 Å². The molecule has 0 amide bonds. The second-order valence-corrected chi connectivity index (χ2v) is 10.6. The lowest BCUT2D eigenvalue weighted by atomic mass is 9.92. The van der Waals surface area contributed by atoms with Crippen molar-refractivity contribution in [3.05, 3.63) is 53.8 Å². The van der Waals surface area contributed by atoms with E-state index in [0.29, 0.717) is 12.0 Å². The Bertz CT molecular complexity index is 922. The second kappa shape index (κ2) is 12.1. The molecular formula is C30H43N3O2. The van der Waals surface area contributed by atoms with E-state index >= 15 is 0 Å². The van der Waals surface area contributed by atoms with Gasteiger partial charge in [0.1, 0.15) is 5.84 Å². The maximum Gasteiger partial charge on any atom is 0.173 e. The number of hydrogen-bond acceptors (Lipinski definition) is 5. The summed E-state index contributed by atoms with van der Waals surface area (Å²) in [5.41, 5.74) is 2.34. The van der Waals surface area contributed by atoms with Gasteiger partial charge in [-0.2, -0.15) is 0 Å². The number of aryl methyl sites for hydroxylation is 1. The molecule has 0 spiro atoms. The Kier molecular flexibility index (Phi) is 8.92. The largest absolute Gasteiger partial charge is 0.483 e. The van der Waals surface area contributed by atoms with E-state index in [2.05, 4.69) is 60.9 Å². The number of allylic oxidation sites excluding steroid dienone is 2. The molecule has 0 radical (unpaired) electrons. The van der Waals surface area contributed by atoms with E-state index in [1.54, 1.807) is 0 Å². The molecule has 0 N–H and O–H groups in total. The first-order chi connectivity index (χ1) is 16.9. The molecule has 2 saturated heterocycles. The lowest BCUT2D eigenvalue weighted by Crippen LogP contribution is -2.52. The molecule has 0 bridgehead atoms. The van der Waals surface area contributed by atoms with E-state index in [-0.39, 0.29) is 18.3 Å². The van der Waals surface area contributed by atoms with Gasteiger partial charge in [0.2, 0.25) is 0 Å². The highest BCUT2D eigenvalue weighted by Crippen LogP contribution is 2.31. The topological polar surface area (TPSA) is 37.3 Å². The van der Waals surface area contributed by atoms with Gasteiger partial charge < -0.3 is 14.4 Å². The quantitative estimate of drug-likeness (QED) is 0.511. The minimum atomic E-state index is 0.150. The van der Waals surface area contributed by atoms with E-state index in [0.717, 1.165) is 50.3 Å². The average molecular weight is 478 g/mol. The van der Waals surface area contributed by atoms with E-state index in [1.165, 1.54) is 30.7 Å². The normalized spacial score (nSPS) is 26.6. The van der Waals surface area contributed by atoms with Crippen LogP contribution < -0.4 is 4.74 Å². The predicted octanol–water partition coefficient (Wildman–Crippen LogP) is 5.90. The molecule has 5 heteroatoms. The first-order valence-electron chi connectivity index (χ1n) is 13.6. The standard InChI is InChI=1S/C30H43N3O2/c1-6-27-20-33(30-12-8-7-9-16-31-30)21-29(35-27)25-11-10-17-32(18-15-25)24(5)26-13-14-28(23(4)19-26)34-22(2)3/h7-9,16,19,22,24-25,27,29H,6,10-12,15,17-18,20-21H2,1-5H3. The summed E-state index contributed by atoms with van der Waals surface area (Å²) in [5, 5.41) is 0. The van der Waals surface area contributed by atoms with Gasteiger partial charge in [-0.05, 0) is 90.6 Å². The van der Waals surface area contributed by atoms with Crippen molar-refractivity contribution in [2.24, 2.45) is 10.9 Å². The predicted molar refractivity (Wildman–Crippen MR) is 143 cm³/mol. The monoisotopic (exact) mass is 477 g/mol. The number of morpholine rings is 1. The Morgan fingerprint density at radius 3 is 2.77 bits per heavy atom. The summed E-state index contributed by atoms with van der Waals surface area (Å²) < 4.78 is 12.5.